The number of alkyl halides is 6. The summed E-state index contributed by atoms with van der Waals surface area (Å²) >= 11 is 1.00. The number of thioether (sulfide) groups is 1. The molecule has 2 aromatic carbocycles. The van der Waals surface area contributed by atoms with Crippen molar-refractivity contribution in [2.75, 3.05) is 13.1 Å². The molecular formula is C24H19F6N5OS. The molecule has 1 amide bonds. The van der Waals surface area contributed by atoms with Crippen LogP contribution in [0.3, 0.4) is 0 Å². The van der Waals surface area contributed by atoms with Crippen molar-refractivity contribution in [1.29, 1.82) is 0 Å². The molecule has 0 saturated carbocycles. The third-order valence-electron chi connectivity index (χ3n) is 6.09. The van der Waals surface area contributed by atoms with Crippen LogP contribution in [0.1, 0.15) is 28.7 Å². The van der Waals surface area contributed by atoms with Gasteiger partial charge in [-0.05, 0) is 59.7 Å². The van der Waals surface area contributed by atoms with E-state index in [9.17, 15) is 31.1 Å². The second-order valence-corrected chi connectivity index (χ2v) is 9.81. The van der Waals surface area contributed by atoms with Gasteiger partial charge in [-0.3, -0.25) is 9.48 Å². The highest BCUT2D eigenvalue weighted by atomic mass is 32.2. The molecule has 1 saturated heterocycles. The van der Waals surface area contributed by atoms with Crippen molar-refractivity contribution in [3.63, 3.8) is 0 Å². The number of hydrogen-bond acceptors (Lipinski definition) is 5. The van der Waals surface area contributed by atoms with Gasteiger partial charge in [0.1, 0.15) is 5.84 Å². The Bertz CT molecular complexity index is 1440. The second-order valence-electron chi connectivity index (χ2n) is 8.82. The highest BCUT2D eigenvalue weighted by Crippen LogP contribution is 2.38. The summed E-state index contributed by atoms with van der Waals surface area (Å²) in [6.45, 7) is 0.926. The summed E-state index contributed by atoms with van der Waals surface area (Å²) < 4.78 is 80.7. The number of carbonyl (C=O) groups is 1. The number of aromatic nitrogens is 2. The number of amidine groups is 1. The van der Waals surface area contributed by atoms with Crippen LogP contribution in [0.15, 0.2) is 52.5 Å². The molecule has 2 aliphatic rings. The molecule has 3 aromatic rings. The third kappa shape index (κ3) is 5.37. The van der Waals surface area contributed by atoms with E-state index in [-0.39, 0.29) is 29.5 Å². The highest BCUT2D eigenvalue weighted by molar-refractivity contribution is 8.18. The molecule has 0 unspecified atom stereocenters. The first-order valence-corrected chi connectivity index (χ1v) is 12.0. The summed E-state index contributed by atoms with van der Waals surface area (Å²) in [6, 6.07) is 6.78. The SMILES string of the molecule is N[C@H]1CCN(C2=NC(=O)S/C2=C\c2ccc3nn(Cc4ccc(C(F)(F)F)cc4C(F)(F)F)cc3c2)C1. The van der Waals surface area contributed by atoms with Crippen molar-refractivity contribution in [1.82, 2.24) is 14.7 Å². The van der Waals surface area contributed by atoms with Gasteiger partial charge in [-0.15, -0.1) is 0 Å². The van der Waals surface area contributed by atoms with Crippen LogP contribution in [0, 0.1) is 0 Å². The van der Waals surface area contributed by atoms with Gasteiger partial charge < -0.3 is 10.6 Å². The number of hydrogen-bond donors (Lipinski definition) is 1. The van der Waals surface area contributed by atoms with Crippen LogP contribution in [-0.4, -0.2) is 44.9 Å². The number of fused-ring (bicyclic) bond motifs is 1. The van der Waals surface area contributed by atoms with Crippen LogP contribution in [0.2, 0.25) is 0 Å². The van der Waals surface area contributed by atoms with Crippen LogP contribution in [0.5, 0.6) is 0 Å². The molecular weight excluding hydrogens is 520 g/mol. The van der Waals surface area contributed by atoms with Gasteiger partial charge in [-0.2, -0.15) is 36.4 Å². The summed E-state index contributed by atoms with van der Waals surface area (Å²) in [4.78, 5) is 18.7. The molecule has 3 heterocycles. The summed E-state index contributed by atoms with van der Waals surface area (Å²) in [6.07, 6.45) is -5.73. The fourth-order valence-electron chi connectivity index (χ4n) is 4.35. The second kappa shape index (κ2) is 9.21. The van der Waals surface area contributed by atoms with Gasteiger partial charge in [0.05, 0.1) is 28.1 Å². The number of aliphatic imine (C=N–C) groups is 1. The fourth-order valence-corrected chi connectivity index (χ4v) is 5.13. The van der Waals surface area contributed by atoms with E-state index in [4.69, 9.17) is 5.73 Å². The molecule has 2 aliphatic heterocycles. The van der Waals surface area contributed by atoms with E-state index in [1.807, 2.05) is 4.90 Å². The molecule has 194 valence electrons. The van der Waals surface area contributed by atoms with Crippen LogP contribution < -0.4 is 5.73 Å². The van der Waals surface area contributed by atoms with E-state index in [2.05, 4.69) is 10.1 Å². The lowest BCUT2D eigenvalue weighted by atomic mass is 10.0. The lowest BCUT2D eigenvalue weighted by Crippen LogP contribution is -2.31. The van der Waals surface area contributed by atoms with Gasteiger partial charge in [0, 0.05) is 30.7 Å². The van der Waals surface area contributed by atoms with E-state index < -0.39 is 23.5 Å². The van der Waals surface area contributed by atoms with Crippen molar-refractivity contribution in [3.8, 4) is 0 Å². The maximum absolute atomic E-state index is 13.5. The van der Waals surface area contributed by atoms with Crippen LogP contribution in [0.25, 0.3) is 17.0 Å². The van der Waals surface area contributed by atoms with Crippen LogP contribution in [-0.2, 0) is 18.9 Å². The Kier molecular flexibility index (Phi) is 6.31. The van der Waals surface area contributed by atoms with E-state index in [0.717, 1.165) is 29.8 Å². The van der Waals surface area contributed by atoms with E-state index in [1.54, 1.807) is 24.3 Å². The van der Waals surface area contributed by atoms with Crippen molar-refractivity contribution < 1.29 is 31.1 Å². The number of nitrogens with zero attached hydrogens (tertiary/aromatic N) is 4. The normalized spacial score (nSPS) is 19.9. The number of rotatable bonds is 3. The quantitative estimate of drug-likeness (QED) is 0.429. The molecule has 0 aliphatic carbocycles. The summed E-state index contributed by atoms with van der Waals surface area (Å²) in [5.41, 5.74) is 4.14. The molecule has 37 heavy (non-hydrogen) atoms. The fraction of sp³-hybridized carbons (Fsp3) is 0.292. The topological polar surface area (TPSA) is 76.5 Å². The van der Waals surface area contributed by atoms with Gasteiger partial charge in [0.15, 0.2) is 0 Å². The molecule has 1 atom stereocenters. The number of halogens is 6. The van der Waals surface area contributed by atoms with Crippen molar-refractivity contribution in [3.05, 3.63) is 69.8 Å². The number of likely N-dealkylation sites (tertiary alicyclic amines) is 1. The smallest absolute Gasteiger partial charge is 0.354 e. The maximum atomic E-state index is 13.5. The summed E-state index contributed by atoms with van der Waals surface area (Å²) in [7, 11) is 0. The largest absolute Gasteiger partial charge is 0.416 e. The molecule has 6 nitrogen and oxygen atoms in total. The molecule has 1 fully saturated rings. The third-order valence-corrected chi connectivity index (χ3v) is 6.87. The Morgan fingerprint density at radius 2 is 1.86 bits per heavy atom. The average molecular weight is 540 g/mol. The van der Waals surface area contributed by atoms with Gasteiger partial charge >= 0.3 is 17.6 Å². The van der Waals surface area contributed by atoms with Crippen molar-refractivity contribution in [2.24, 2.45) is 10.7 Å². The van der Waals surface area contributed by atoms with Crippen LogP contribution >= 0.6 is 11.8 Å². The number of nitrogens with two attached hydrogens (primary N) is 1. The number of amides is 1. The molecule has 1 aromatic heterocycles. The Morgan fingerprint density at radius 3 is 2.54 bits per heavy atom. The van der Waals surface area contributed by atoms with Gasteiger partial charge in [-0.1, -0.05) is 12.1 Å². The lowest BCUT2D eigenvalue weighted by Gasteiger charge is -2.17. The molecule has 0 spiro atoms. The highest BCUT2D eigenvalue weighted by Gasteiger charge is 2.38. The van der Waals surface area contributed by atoms with Gasteiger partial charge in [0.25, 0.3) is 0 Å². The van der Waals surface area contributed by atoms with Gasteiger partial charge in [0.2, 0.25) is 0 Å². The molecule has 2 N–H and O–H groups in total. The summed E-state index contributed by atoms with van der Waals surface area (Å²) in [5, 5.41) is 4.57. The van der Waals surface area contributed by atoms with Gasteiger partial charge in [-0.25, -0.2) is 0 Å². The number of benzene rings is 2. The minimum atomic E-state index is -4.96. The molecule has 0 radical (unpaired) electrons. The zero-order valence-corrected chi connectivity index (χ0v) is 19.8. The lowest BCUT2D eigenvalue weighted by molar-refractivity contribution is -0.143. The number of carbonyl (C=O) groups excluding carboxylic acids is 1. The average Bonchev–Trinajstić information content (AvgIpc) is 3.50. The zero-order valence-electron chi connectivity index (χ0n) is 19.0. The summed E-state index contributed by atoms with van der Waals surface area (Å²) in [5.74, 6) is 0.570. The Morgan fingerprint density at radius 1 is 1.08 bits per heavy atom. The van der Waals surface area contributed by atoms with Crippen LogP contribution in [0.4, 0.5) is 31.1 Å². The minimum Gasteiger partial charge on any atom is -0.354 e. The minimum absolute atomic E-state index is 0.00867. The predicted molar refractivity (Wildman–Crippen MR) is 128 cm³/mol. The van der Waals surface area contributed by atoms with E-state index in [0.29, 0.717) is 40.8 Å². The standard InChI is InChI=1S/C24H19F6N5OS/c25-23(26,27)16-3-2-14(18(9-16)24(28,29)30)10-35-11-15-7-13(1-4-19(15)33-35)8-20-21(32-22(36)37-20)34-6-5-17(31)12-34/h1-4,7-9,11,17H,5-6,10,12,31H2/b20-8-/t17-/m0/s1. The predicted octanol–water partition coefficient (Wildman–Crippen LogP) is 5.76. The monoisotopic (exact) mass is 539 g/mol. The van der Waals surface area contributed by atoms with Crippen molar-refractivity contribution in [2.45, 2.75) is 31.4 Å². The van der Waals surface area contributed by atoms with Crippen molar-refractivity contribution >= 4 is 39.8 Å². The molecule has 0 bridgehead atoms. The first-order chi connectivity index (χ1) is 17.4. The van der Waals surface area contributed by atoms with E-state index >= 15 is 0 Å². The molecule has 13 heteroatoms. The Labute approximate surface area is 210 Å². The Balaban J connectivity index is 1.42. The Hall–Kier alpha value is -3.32. The maximum Gasteiger partial charge on any atom is 0.416 e. The van der Waals surface area contributed by atoms with E-state index in [1.165, 1.54) is 10.9 Å². The zero-order chi connectivity index (χ0) is 26.5. The molecule has 5 rings (SSSR count). The first kappa shape index (κ1) is 25.3. The first-order valence-electron chi connectivity index (χ1n) is 11.1.